The molecule has 1 aliphatic rings. The van der Waals surface area contributed by atoms with Crippen molar-refractivity contribution >= 4 is 21.7 Å². The molecule has 3 heterocycles. The summed E-state index contributed by atoms with van der Waals surface area (Å²) in [5, 5.41) is 3.21. The van der Waals surface area contributed by atoms with Gasteiger partial charge in [-0.05, 0) is 51.0 Å². The number of hydrogen-bond donors (Lipinski definition) is 2. The Bertz CT molecular complexity index is 925. The predicted octanol–water partition coefficient (Wildman–Crippen LogP) is 3.17. The van der Waals surface area contributed by atoms with Gasteiger partial charge in [0.05, 0.1) is 12.2 Å². The SMILES string of the molecule is CCCC(C)NS(=O)(=O)c1ccc(NCc2ccc(N3CC(C)OC(C)C3)nc2)nc1. The van der Waals surface area contributed by atoms with E-state index in [-0.39, 0.29) is 23.1 Å². The summed E-state index contributed by atoms with van der Waals surface area (Å²) in [7, 11) is -3.55. The van der Waals surface area contributed by atoms with Crippen molar-refractivity contribution in [2.75, 3.05) is 23.3 Å². The van der Waals surface area contributed by atoms with Crippen molar-refractivity contribution in [1.82, 2.24) is 14.7 Å². The smallest absolute Gasteiger partial charge is 0.242 e. The summed E-state index contributed by atoms with van der Waals surface area (Å²) >= 11 is 0. The number of pyridine rings is 2. The Morgan fingerprint density at radius 3 is 2.45 bits per heavy atom. The molecule has 0 amide bonds. The fourth-order valence-corrected chi connectivity index (χ4v) is 4.96. The van der Waals surface area contributed by atoms with E-state index in [1.165, 1.54) is 6.20 Å². The Balaban J connectivity index is 1.55. The van der Waals surface area contributed by atoms with Crippen LogP contribution in [0.1, 0.15) is 46.1 Å². The fraction of sp³-hybridized carbons (Fsp3) is 0.545. The van der Waals surface area contributed by atoms with Crippen molar-refractivity contribution in [3.8, 4) is 0 Å². The van der Waals surface area contributed by atoms with Crippen LogP contribution in [0, 0.1) is 0 Å². The van der Waals surface area contributed by atoms with Gasteiger partial charge in [-0.3, -0.25) is 0 Å². The molecule has 3 atom stereocenters. The molecule has 8 nitrogen and oxygen atoms in total. The molecular formula is C22H33N5O3S. The summed E-state index contributed by atoms with van der Waals surface area (Å²) < 4.78 is 33.3. The molecule has 170 valence electrons. The van der Waals surface area contributed by atoms with Gasteiger partial charge >= 0.3 is 0 Å². The first-order valence-electron chi connectivity index (χ1n) is 10.8. The maximum atomic E-state index is 12.4. The number of anilines is 2. The second kappa shape index (κ2) is 10.4. The zero-order chi connectivity index (χ0) is 22.4. The third-order valence-electron chi connectivity index (χ3n) is 5.15. The zero-order valence-electron chi connectivity index (χ0n) is 18.7. The largest absolute Gasteiger partial charge is 0.372 e. The van der Waals surface area contributed by atoms with Crippen LogP contribution in [0.2, 0.25) is 0 Å². The maximum Gasteiger partial charge on any atom is 0.242 e. The lowest BCUT2D eigenvalue weighted by Crippen LogP contribution is -2.45. The maximum absolute atomic E-state index is 12.4. The van der Waals surface area contributed by atoms with E-state index in [9.17, 15) is 8.42 Å². The van der Waals surface area contributed by atoms with E-state index in [0.29, 0.717) is 12.4 Å². The average molecular weight is 448 g/mol. The molecule has 0 aliphatic carbocycles. The van der Waals surface area contributed by atoms with Gasteiger partial charge in [-0.25, -0.2) is 23.1 Å². The van der Waals surface area contributed by atoms with Gasteiger partial charge in [0.15, 0.2) is 0 Å². The first-order chi connectivity index (χ1) is 14.8. The summed E-state index contributed by atoms with van der Waals surface area (Å²) in [5.74, 6) is 1.56. The van der Waals surface area contributed by atoms with Gasteiger partial charge < -0.3 is 15.0 Å². The van der Waals surface area contributed by atoms with E-state index in [4.69, 9.17) is 4.74 Å². The number of sulfonamides is 1. The summed E-state index contributed by atoms with van der Waals surface area (Å²) in [6.07, 6.45) is 5.33. The second-order valence-electron chi connectivity index (χ2n) is 8.23. The monoisotopic (exact) mass is 447 g/mol. The topological polar surface area (TPSA) is 96.5 Å². The van der Waals surface area contributed by atoms with Gasteiger partial charge in [0.1, 0.15) is 16.5 Å². The molecule has 0 radical (unpaired) electrons. The zero-order valence-corrected chi connectivity index (χ0v) is 19.5. The molecule has 1 saturated heterocycles. The van der Waals surface area contributed by atoms with Gasteiger partial charge in [0, 0.05) is 38.1 Å². The molecule has 31 heavy (non-hydrogen) atoms. The van der Waals surface area contributed by atoms with E-state index < -0.39 is 10.0 Å². The standard InChI is InChI=1S/C22H33N5O3S/c1-5-6-16(2)26-31(28,29)20-8-9-21(24-13-20)23-11-19-7-10-22(25-12-19)27-14-17(3)30-18(4)15-27/h7-10,12-13,16-18,26H,5-6,11,14-15H2,1-4H3,(H,23,24). The summed E-state index contributed by atoms with van der Waals surface area (Å²) in [5.41, 5.74) is 1.02. The van der Waals surface area contributed by atoms with Gasteiger partial charge in [0.2, 0.25) is 10.0 Å². The molecule has 1 aliphatic heterocycles. The quantitative estimate of drug-likeness (QED) is 0.609. The van der Waals surface area contributed by atoms with E-state index >= 15 is 0 Å². The molecule has 0 saturated carbocycles. The van der Waals surface area contributed by atoms with Crippen LogP contribution in [0.3, 0.4) is 0 Å². The molecular weight excluding hydrogens is 414 g/mol. The highest BCUT2D eigenvalue weighted by atomic mass is 32.2. The van der Waals surface area contributed by atoms with Crippen LogP contribution < -0.4 is 14.9 Å². The lowest BCUT2D eigenvalue weighted by molar-refractivity contribution is -0.00546. The highest BCUT2D eigenvalue weighted by molar-refractivity contribution is 7.89. The normalized spacial score (nSPS) is 20.5. The highest BCUT2D eigenvalue weighted by Gasteiger charge is 2.23. The van der Waals surface area contributed by atoms with E-state index in [0.717, 1.165) is 37.3 Å². The molecule has 1 fully saturated rings. The number of ether oxygens (including phenoxy) is 1. The number of nitrogens with zero attached hydrogens (tertiary/aromatic N) is 3. The van der Waals surface area contributed by atoms with Crippen molar-refractivity contribution in [3.63, 3.8) is 0 Å². The molecule has 3 unspecified atom stereocenters. The lowest BCUT2D eigenvalue weighted by atomic mass is 10.2. The van der Waals surface area contributed by atoms with E-state index in [1.807, 2.05) is 32.2 Å². The van der Waals surface area contributed by atoms with Crippen molar-refractivity contribution in [3.05, 3.63) is 42.2 Å². The highest BCUT2D eigenvalue weighted by Crippen LogP contribution is 2.19. The van der Waals surface area contributed by atoms with E-state index in [2.05, 4.69) is 38.8 Å². The van der Waals surface area contributed by atoms with Gasteiger partial charge in [-0.2, -0.15) is 0 Å². The first kappa shape index (κ1) is 23.4. The Hall–Kier alpha value is -2.23. The fourth-order valence-electron chi connectivity index (χ4n) is 3.73. The molecule has 2 aromatic heterocycles. The van der Waals surface area contributed by atoms with Crippen LogP contribution >= 0.6 is 0 Å². The van der Waals surface area contributed by atoms with Gasteiger partial charge in [0.25, 0.3) is 0 Å². The van der Waals surface area contributed by atoms with E-state index in [1.54, 1.807) is 12.1 Å². The van der Waals surface area contributed by atoms with Crippen molar-refractivity contribution in [2.45, 2.75) is 70.2 Å². The Morgan fingerprint density at radius 1 is 1.13 bits per heavy atom. The third-order valence-corrected chi connectivity index (χ3v) is 6.73. The number of morpholine rings is 1. The summed E-state index contributed by atoms with van der Waals surface area (Å²) in [4.78, 5) is 11.3. The Morgan fingerprint density at radius 2 is 1.87 bits per heavy atom. The minimum Gasteiger partial charge on any atom is -0.372 e. The van der Waals surface area contributed by atoms with Gasteiger partial charge in [-0.1, -0.05) is 19.4 Å². The molecule has 0 bridgehead atoms. The molecule has 9 heteroatoms. The molecule has 3 rings (SSSR count). The second-order valence-corrected chi connectivity index (χ2v) is 9.94. The van der Waals surface area contributed by atoms with Crippen LogP contribution in [0.25, 0.3) is 0 Å². The lowest BCUT2D eigenvalue weighted by Gasteiger charge is -2.36. The van der Waals surface area contributed by atoms with Crippen LogP contribution in [-0.2, 0) is 21.3 Å². The van der Waals surface area contributed by atoms with Crippen LogP contribution in [0.4, 0.5) is 11.6 Å². The number of rotatable bonds is 9. The first-order valence-corrected chi connectivity index (χ1v) is 12.3. The van der Waals surface area contributed by atoms with Crippen molar-refractivity contribution in [2.24, 2.45) is 0 Å². The van der Waals surface area contributed by atoms with Gasteiger partial charge in [-0.15, -0.1) is 0 Å². The number of hydrogen-bond acceptors (Lipinski definition) is 7. The van der Waals surface area contributed by atoms with Crippen LogP contribution in [0.5, 0.6) is 0 Å². The molecule has 2 N–H and O–H groups in total. The number of nitrogens with one attached hydrogen (secondary N) is 2. The minimum absolute atomic E-state index is 0.104. The Kier molecular flexibility index (Phi) is 7.85. The predicted molar refractivity (Wildman–Crippen MR) is 123 cm³/mol. The summed E-state index contributed by atoms with van der Waals surface area (Å²) in [6, 6.07) is 7.20. The van der Waals surface area contributed by atoms with Crippen LogP contribution in [0.15, 0.2) is 41.6 Å². The molecule has 2 aromatic rings. The summed E-state index contributed by atoms with van der Waals surface area (Å²) in [6.45, 7) is 10.3. The third kappa shape index (κ3) is 6.62. The average Bonchev–Trinajstić information content (AvgIpc) is 2.72. The molecule has 0 aromatic carbocycles. The molecule has 0 spiro atoms. The van der Waals surface area contributed by atoms with Crippen LogP contribution in [-0.4, -0.2) is 49.7 Å². The van der Waals surface area contributed by atoms with Crippen molar-refractivity contribution < 1.29 is 13.2 Å². The Labute approximate surface area is 185 Å². The van der Waals surface area contributed by atoms with Crippen molar-refractivity contribution in [1.29, 1.82) is 0 Å². The number of aromatic nitrogens is 2. The minimum atomic E-state index is -3.55.